The van der Waals surface area contributed by atoms with Gasteiger partial charge in [0.05, 0.1) is 19.3 Å². The van der Waals surface area contributed by atoms with Gasteiger partial charge in [-0.3, -0.25) is 0 Å². The van der Waals surface area contributed by atoms with Crippen molar-refractivity contribution >= 4 is 12.0 Å². The Kier molecular flexibility index (Phi) is 5.00. The summed E-state index contributed by atoms with van der Waals surface area (Å²) in [6, 6.07) is -1.97. The quantitative estimate of drug-likeness (QED) is 0.492. The fourth-order valence-corrected chi connectivity index (χ4v) is 1.43. The number of carboxylic acids is 1. The van der Waals surface area contributed by atoms with Crippen LogP contribution >= 0.6 is 0 Å². The van der Waals surface area contributed by atoms with Gasteiger partial charge in [-0.05, 0) is 12.8 Å². The molecular weight excluding hydrogens is 216 g/mol. The lowest BCUT2D eigenvalue weighted by Crippen LogP contribution is -2.52. The molecule has 0 aromatic heterocycles. The fraction of sp³-hybridized carbons (Fsp3) is 0.778. The number of aliphatic hydroxyl groups excluding tert-OH is 1. The summed E-state index contributed by atoms with van der Waals surface area (Å²) in [4.78, 5) is 21.9. The Labute approximate surface area is 92.8 Å². The molecule has 2 amide bonds. The van der Waals surface area contributed by atoms with Crippen LogP contribution in [0.4, 0.5) is 4.79 Å². The number of hydrogen-bond donors (Lipinski definition) is 4. The van der Waals surface area contributed by atoms with E-state index in [2.05, 4.69) is 10.6 Å². The first kappa shape index (κ1) is 12.7. The molecule has 0 radical (unpaired) electrons. The molecule has 0 spiro atoms. The van der Waals surface area contributed by atoms with E-state index in [0.29, 0.717) is 13.2 Å². The molecule has 7 heteroatoms. The van der Waals surface area contributed by atoms with Gasteiger partial charge in [0.25, 0.3) is 0 Å². The first-order valence-corrected chi connectivity index (χ1v) is 5.12. The highest BCUT2D eigenvalue weighted by Gasteiger charge is 2.21. The smallest absolute Gasteiger partial charge is 0.328 e. The van der Waals surface area contributed by atoms with Crippen LogP contribution in [0.25, 0.3) is 0 Å². The van der Waals surface area contributed by atoms with Crippen molar-refractivity contribution in [3.8, 4) is 0 Å². The first-order chi connectivity index (χ1) is 7.63. The number of hydrogen-bond acceptors (Lipinski definition) is 4. The van der Waals surface area contributed by atoms with Gasteiger partial charge in [0.1, 0.15) is 0 Å². The van der Waals surface area contributed by atoms with Gasteiger partial charge < -0.3 is 25.6 Å². The molecule has 7 nitrogen and oxygen atoms in total. The molecule has 0 bridgehead atoms. The monoisotopic (exact) mass is 232 g/mol. The van der Waals surface area contributed by atoms with E-state index >= 15 is 0 Å². The number of aliphatic hydroxyl groups is 1. The highest BCUT2D eigenvalue weighted by Crippen LogP contribution is 2.05. The van der Waals surface area contributed by atoms with Crippen molar-refractivity contribution in [1.29, 1.82) is 0 Å². The number of aliphatic carboxylic acids is 1. The average Bonchev–Trinajstić information content (AvgIpc) is 2.27. The van der Waals surface area contributed by atoms with Crippen LogP contribution in [0.1, 0.15) is 12.8 Å². The molecule has 1 saturated heterocycles. The molecule has 0 aromatic carbocycles. The lowest BCUT2D eigenvalue weighted by atomic mass is 10.1. The molecule has 1 aliphatic rings. The maximum atomic E-state index is 11.3. The van der Waals surface area contributed by atoms with Crippen LogP contribution in [0.5, 0.6) is 0 Å². The van der Waals surface area contributed by atoms with Gasteiger partial charge in [-0.25, -0.2) is 9.59 Å². The number of urea groups is 1. The van der Waals surface area contributed by atoms with Crippen molar-refractivity contribution in [2.75, 3.05) is 19.8 Å². The van der Waals surface area contributed by atoms with Crippen LogP contribution in [-0.4, -0.2) is 54.1 Å². The van der Waals surface area contributed by atoms with Crippen molar-refractivity contribution in [1.82, 2.24) is 10.6 Å². The number of carbonyl (C=O) groups is 2. The Morgan fingerprint density at radius 3 is 2.75 bits per heavy atom. The summed E-state index contributed by atoms with van der Waals surface area (Å²) >= 11 is 0. The molecule has 92 valence electrons. The van der Waals surface area contributed by atoms with Gasteiger partial charge in [-0.15, -0.1) is 0 Å². The number of carboxylic acid groups (broad SMARTS) is 1. The standard InChI is InChI=1S/C9H16N2O5/c12-4-7(8(13)14)11-9(15)10-6-2-1-3-16-5-6/h6-7,12H,1-5H2,(H,13,14)(H2,10,11,15)/t6?,7-/m0/s1. The highest BCUT2D eigenvalue weighted by molar-refractivity contribution is 5.82. The zero-order valence-electron chi connectivity index (χ0n) is 8.81. The van der Waals surface area contributed by atoms with Gasteiger partial charge in [0.2, 0.25) is 0 Å². The second-order valence-electron chi connectivity index (χ2n) is 3.61. The van der Waals surface area contributed by atoms with Gasteiger partial charge in [0.15, 0.2) is 6.04 Å². The molecule has 0 aliphatic carbocycles. The molecule has 1 unspecified atom stereocenters. The largest absolute Gasteiger partial charge is 0.480 e. The molecule has 16 heavy (non-hydrogen) atoms. The van der Waals surface area contributed by atoms with E-state index in [0.717, 1.165) is 12.8 Å². The molecule has 1 rings (SSSR count). The average molecular weight is 232 g/mol. The minimum Gasteiger partial charge on any atom is -0.480 e. The lowest BCUT2D eigenvalue weighted by molar-refractivity contribution is -0.140. The summed E-state index contributed by atoms with van der Waals surface area (Å²) in [6.45, 7) is 0.488. The molecule has 2 atom stereocenters. The summed E-state index contributed by atoms with van der Waals surface area (Å²) in [7, 11) is 0. The van der Waals surface area contributed by atoms with Gasteiger partial charge >= 0.3 is 12.0 Å². The van der Waals surface area contributed by atoms with Gasteiger partial charge in [-0.2, -0.15) is 0 Å². The molecule has 4 N–H and O–H groups in total. The summed E-state index contributed by atoms with van der Waals surface area (Å²) in [5.41, 5.74) is 0. The van der Waals surface area contributed by atoms with Crippen LogP contribution in [0, 0.1) is 0 Å². The third-order valence-electron chi connectivity index (χ3n) is 2.28. The van der Waals surface area contributed by atoms with Crippen LogP contribution in [0.2, 0.25) is 0 Å². The summed E-state index contributed by atoms with van der Waals surface area (Å²) < 4.78 is 5.15. The molecule has 1 aliphatic heterocycles. The van der Waals surface area contributed by atoms with E-state index in [1.165, 1.54) is 0 Å². The highest BCUT2D eigenvalue weighted by atomic mass is 16.5. The maximum absolute atomic E-state index is 11.3. The van der Waals surface area contributed by atoms with Crippen LogP contribution in [-0.2, 0) is 9.53 Å². The summed E-state index contributed by atoms with van der Waals surface area (Å²) in [6.07, 6.45) is 1.68. The van der Waals surface area contributed by atoms with Crippen LogP contribution in [0.15, 0.2) is 0 Å². The molecule has 0 aromatic rings. The Balaban J connectivity index is 2.31. The second-order valence-corrected chi connectivity index (χ2v) is 3.61. The Morgan fingerprint density at radius 2 is 2.25 bits per heavy atom. The van der Waals surface area contributed by atoms with E-state index in [1.807, 2.05) is 0 Å². The van der Waals surface area contributed by atoms with Crippen LogP contribution < -0.4 is 10.6 Å². The first-order valence-electron chi connectivity index (χ1n) is 5.12. The molecular formula is C9H16N2O5. The molecule has 0 saturated carbocycles. The minimum absolute atomic E-state index is 0.0955. The number of amides is 2. The van der Waals surface area contributed by atoms with E-state index in [-0.39, 0.29) is 6.04 Å². The zero-order valence-corrected chi connectivity index (χ0v) is 8.81. The number of carbonyl (C=O) groups excluding carboxylic acids is 1. The second kappa shape index (κ2) is 6.29. The summed E-state index contributed by atoms with van der Waals surface area (Å²) in [5, 5.41) is 22.1. The van der Waals surface area contributed by atoms with E-state index in [1.54, 1.807) is 0 Å². The van der Waals surface area contributed by atoms with Gasteiger partial charge in [0, 0.05) is 6.61 Å². The summed E-state index contributed by atoms with van der Waals surface area (Å²) in [5.74, 6) is -1.27. The number of nitrogens with one attached hydrogen (secondary N) is 2. The van der Waals surface area contributed by atoms with Crippen molar-refractivity contribution in [2.45, 2.75) is 24.9 Å². The fourth-order valence-electron chi connectivity index (χ4n) is 1.43. The van der Waals surface area contributed by atoms with Crippen molar-refractivity contribution in [3.63, 3.8) is 0 Å². The maximum Gasteiger partial charge on any atom is 0.328 e. The zero-order chi connectivity index (χ0) is 12.0. The van der Waals surface area contributed by atoms with Gasteiger partial charge in [-0.1, -0.05) is 0 Å². The third kappa shape index (κ3) is 4.03. The number of rotatable bonds is 4. The van der Waals surface area contributed by atoms with Crippen LogP contribution in [0.3, 0.4) is 0 Å². The predicted octanol–water partition coefficient (Wildman–Crippen LogP) is -1.09. The third-order valence-corrected chi connectivity index (χ3v) is 2.28. The lowest BCUT2D eigenvalue weighted by Gasteiger charge is -2.24. The SMILES string of the molecule is O=C(NC1CCCOC1)N[C@@H](CO)C(=O)O. The molecule has 1 heterocycles. The topological polar surface area (TPSA) is 108 Å². The van der Waals surface area contributed by atoms with E-state index < -0.39 is 24.6 Å². The Bertz CT molecular complexity index is 252. The van der Waals surface area contributed by atoms with E-state index in [9.17, 15) is 9.59 Å². The van der Waals surface area contributed by atoms with Crippen molar-refractivity contribution < 1.29 is 24.5 Å². The predicted molar refractivity (Wildman–Crippen MR) is 54.0 cm³/mol. The molecule has 1 fully saturated rings. The van der Waals surface area contributed by atoms with E-state index in [4.69, 9.17) is 14.9 Å². The number of ether oxygens (including phenoxy) is 1. The Morgan fingerprint density at radius 1 is 1.50 bits per heavy atom. The van der Waals surface area contributed by atoms with Crippen molar-refractivity contribution in [2.24, 2.45) is 0 Å². The normalized spacial score (nSPS) is 22.2. The Hall–Kier alpha value is -1.34. The minimum atomic E-state index is -1.27. The van der Waals surface area contributed by atoms with Crippen molar-refractivity contribution in [3.05, 3.63) is 0 Å².